The van der Waals surface area contributed by atoms with Gasteiger partial charge in [-0.15, -0.1) is 0 Å². The maximum absolute atomic E-state index is 14.3. The average molecular weight is 409 g/mol. The Morgan fingerprint density at radius 1 is 1.27 bits per heavy atom. The van der Waals surface area contributed by atoms with Crippen LogP contribution in [0.4, 0.5) is 10.2 Å². The summed E-state index contributed by atoms with van der Waals surface area (Å²) in [6.07, 6.45) is 1.27. The zero-order valence-corrected chi connectivity index (χ0v) is 16.0. The van der Waals surface area contributed by atoms with E-state index in [1.54, 1.807) is 16.9 Å². The van der Waals surface area contributed by atoms with E-state index in [4.69, 9.17) is 0 Å². The van der Waals surface area contributed by atoms with Gasteiger partial charge in [0.25, 0.3) is 0 Å². The van der Waals surface area contributed by atoms with Gasteiger partial charge in [0, 0.05) is 24.9 Å². The molecule has 0 saturated heterocycles. The summed E-state index contributed by atoms with van der Waals surface area (Å²) in [5, 5.41) is 23.4. The van der Waals surface area contributed by atoms with E-state index in [9.17, 15) is 19.4 Å². The molecule has 0 radical (unpaired) electrons. The molecule has 2 N–H and O–H groups in total. The number of aromatic nitrogens is 4. The lowest BCUT2D eigenvalue weighted by Gasteiger charge is -2.10. The summed E-state index contributed by atoms with van der Waals surface area (Å²) in [6.45, 7) is 0.160. The molecule has 3 unspecified atom stereocenters. The molecule has 1 saturated carbocycles. The average Bonchev–Trinajstić information content (AvgIpc) is 3.34. The largest absolute Gasteiger partial charge is 0.396 e. The summed E-state index contributed by atoms with van der Waals surface area (Å²) >= 11 is 0. The third-order valence-electron chi connectivity index (χ3n) is 5.05. The first-order chi connectivity index (χ1) is 14.6. The molecule has 2 heterocycles. The molecular weight excluding hydrogens is 389 g/mol. The Hall–Kier alpha value is -3.30. The second kappa shape index (κ2) is 8.60. The minimum absolute atomic E-state index is 0.0102. The lowest BCUT2D eigenvalue weighted by Crippen LogP contribution is -2.26. The van der Waals surface area contributed by atoms with Crippen molar-refractivity contribution >= 4 is 17.3 Å². The molecule has 0 amide bonds. The number of aliphatic hydroxyl groups excluding tert-OH is 2. The van der Waals surface area contributed by atoms with Crippen LogP contribution in [0.3, 0.4) is 0 Å². The van der Waals surface area contributed by atoms with E-state index in [2.05, 4.69) is 20.1 Å². The Bertz CT molecular complexity index is 1070. The fourth-order valence-electron chi connectivity index (χ4n) is 3.41. The summed E-state index contributed by atoms with van der Waals surface area (Å²) in [5.41, 5.74) is 1.37. The van der Waals surface area contributed by atoms with Gasteiger partial charge in [-0.25, -0.2) is 19.4 Å². The Balaban J connectivity index is 1.58. The van der Waals surface area contributed by atoms with Gasteiger partial charge in [-0.2, -0.15) is 5.10 Å². The second-order valence-corrected chi connectivity index (χ2v) is 7.12. The summed E-state index contributed by atoms with van der Waals surface area (Å²) in [4.78, 5) is 25.0. The number of hydrogen-bond acceptors (Lipinski definition) is 7. The number of aliphatic hydroxyl groups is 2. The van der Waals surface area contributed by atoms with Crippen molar-refractivity contribution in [3.05, 3.63) is 71.9 Å². The van der Waals surface area contributed by atoms with E-state index in [1.807, 2.05) is 30.3 Å². The van der Waals surface area contributed by atoms with Gasteiger partial charge in [-0.05, 0) is 18.1 Å². The van der Waals surface area contributed by atoms with E-state index in [0.717, 1.165) is 5.56 Å². The number of aliphatic imine (C=N–C) groups is 1. The molecule has 0 spiro atoms. The van der Waals surface area contributed by atoms with E-state index in [1.165, 1.54) is 12.5 Å². The summed E-state index contributed by atoms with van der Waals surface area (Å²) in [7, 11) is 0. The monoisotopic (exact) mass is 409 g/mol. The third kappa shape index (κ3) is 4.03. The number of halogens is 1. The normalized spacial score (nSPS) is 22.5. The summed E-state index contributed by atoms with van der Waals surface area (Å²) in [5.74, 6) is -1.06. The first-order valence-electron chi connectivity index (χ1n) is 9.49. The van der Waals surface area contributed by atoms with Gasteiger partial charge in [0.15, 0.2) is 12.0 Å². The maximum Gasteiger partial charge on any atom is 0.218 e. The van der Waals surface area contributed by atoms with E-state index < -0.39 is 24.0 Å². The van der Waals surface area contributed by atoms with Gasteiger partial charge in [0.05, 0.1) is 23.9 Å². The second-order valence-electron chi connectivity index (χ2n) is 7.12. The van der Waals surface area contributed by atoms with Crippen LogP contribution in [0.5, 0.6) is 0 Å². The number of hydrogen-bond donors (Lipinski definition) is 2. The lowest BCUT2D eigenvalue weighted by molar-refractivity contribution is 0.0519. The van der Waals surface area contributed by atoms with Gasteiger partial charge in [-0.3, -0.25) is 9.48 Å². The van der Waals surface area contributed by atoms with Crippen molar-refractivity contribution in [2.24, 2.45) is 10.9 Å². The van der Waals surface area contributed by atoms with Crippen molar-refractivity contribution in [1.82, 2.24) is 19.7 Å². The highest BCUT2D eigenvalue weighted by atomic mass is 19.1. The quantitative estimate of drug-likeness (QED) is 0.600. The highest BCUT2D eigenvalue weighted by Gasteiger charge is 2.40. The Morgan fingerprint density at radius 3 is 2.80 bits per heavy atom. The van der Waals surface area contributed by atoms with Gasteiger partial charge < -0.3 is 10.2 Å². The number of carbonyl (C=O) groups is 1. The SMILES string of the molecule is O=C(c1ccn(Cc2ccccc2)n1)c1cncnc1N=C1CC(CO)C(O)C1F. The molecule has 1 fully saturated rings. The summed E-state index contributed by atoms with van der Waals surface area (Å²) < 4.78 is 16.0. The molecule has 30 heavy (non-hydrogen) atoms. The number of alkyl halides is 1. The number of benzene rings is 1. The first kappa shape index (κ1) is 20.0. The van der Waals surface area contributed by atoms with Crippen molar-refractivity contribution in [3.8, 4) is 0 Å². The Kier molecular flexibility index (Phi) is 5.73. The van der Waals surface area contributed by atoms with Crippen LogP contribution in [0.2, 0.25) is 0 Å². The fraction of sp³-hybridized carbons (Fsp3) is 0.286. The molecule has 9 heteroatoms. The molecule has 1 aliphatic rings. The van der Waals surface area contributed by atoms with Gasteiger partial charge in [-0.1, -0.05) is 30.3 Å². The molecule has 0 bridgehead atoms. The van der Waals surface area contributed by atoms with Crippen molar-refractivity contribution in [2.75, 3.05) is 6.61 Å². The van der Waals surface area contributed by atoms with Crippen molar-refractivity contribution in [2.45, 2.75) is 25.2 Å². The van der Waals surface area contributed by atoms with Crippen LogP contribution < -0.4 is 0 Å². The smallest absolute Gasteiger partial charge is 0.218 e. The van der Waals surface area contributed by atoms with E-state index in [-0.39, 0.29) is 35.8 Å². The third-order valence-corrected chi connectivity index (χ3v) is 5.05. The predicted octanol–water partition coefficient (Wildman–Crippen LogP) is 1.74. The molecule has 0 aliphatic heterocycles. The number of carbonyl (C=O) groups excluding carboxylic acids is 1. The van der Waals surface area contributed by atoms with Crippen LogP contribution >= 0.6 is 0 Å². The number of ketones is 1. The molecule has 154 valence electrons. The fourth-order valence-corrected chi connectivity index (χ4v) is 3.41. The minimum Gasteiger partial charge on any atom is -0.396 e. The molecule has 3 atom stereocenters. The van der Waals surface area contributed by atoms with Gasteiger partial charge >= 0.3 is 0 Å². The van der Waals surface area contributed by atoms with Crippen molar-refractivity contribution in [3.63, 3.8) is 0 Å². The Morgan fingerprint density at radius 2 is 2.07 bits per heavy atom. The molecular formula is C21H20FN5O3. The number of rotatable bonds is 6. The standard InChI is InChI=1S/C21H20FN5O3/c22-18-17(8-14(11-28)19(18)29)25-21-15(9-23-12-24-21)20(30)16-6-7-27(26-16)10-13-4-2-1-3-5-13/h1-7,9,12,14,18-19,28-29H,8,10-11H2. The van der Waals surface area contributed by atoms with Crippen molar-refractivity contribution < 1.29 is 19.4 Å². The molecule has 4 rings (SSSR count). The molecule has 8 nitrogen and oxygen atoms in total. The van der Waals surface area contributed by atoms with Crippen LogP contribution in [0, 0.1) is 5.92 Å². The van der Waals surface area contributed by atoms with Crippen LogP contribution in [0.1, 0.15) is 28.0 Å². The number of nitrogens with zero attached hydrogens (tertiary/aromatic N) is 5. The van der Waals surface area contributed by atoms with Crippen LogP contribution in [-0.2, 0) is 6.54 Å². The molecule has 3 aromatic rings. The van der Waals surface area contributed by atoms with Crippen LogP contribution in [0.15, 0.2) is 60.1 Å². The lowest BCUT2D eigenvalue weighted by atomic mass is 10.1. The molecule has 1 aromatic carbocycles. The Labute approximate surface area is 171 Å². The highest BCUT2D eigenvalue weighted by molar-refractivity contribution is 6.10. The molecule has 2 aromatic heterocycles. The van der Waals surface area contributed by atoms with E-state index >= 15 is 0 Å². The minimum atomic E-state index is -1.72. The van der Waals surface area contributed by atoms with Crippen LogP contribution in [-0.4, -0.2) is 60.3 Å². The van der Waals surface area contributed by atoms with E-state index in [0.29, 0.717) is 6.54 Å². The zero-order valence-electron chi connectivity index (χ0n) is 16.0. The molecule has 1 aliphatic carbocycles. The zero-order chi connectivity index (χ0) is 21.1. The summed E-state index contributed by atoms with van der Waals surface area (Å²) in [6, 6.07) is 11.3. The topological polar surface area (TPSA) is 113 Å². The van der Waals surface area contributed by atoms with Crippen LogP contribution in [0.25, 0.3) is 0 Å². The van der Waals surface area contributed by atoms with Gasteiger partial charge in [0.1, 0.15) is 12.0 Å². The van der Waals surface area contributed by atoms with Gasteiger partial charge in [0.2, 0.25) is 5.78 Å². The predicted molar refractivity (Wildman–Crippen MR) is 106 cm³/mol. The first-order valence-corrected chi connectivity index (χ1v) is 9.49. The van der Waals surface area contributed by atoms with Crippen molar-refractivity contribution in [1.29, 1.82) is 0 Å². The maximum atomic E-state index is 14.3. The highest BCUT2D eigenvalue weighted by Crippen LogP contribution is 2.29.